The molecule has 1 fully saturated rings. The highest BCUT2D eigenvalue weighted by Crippen LogP contribution is 2.23. The summed E-state index contributed by atoms with van der Waals surface area (Å²) in [6, 6.07) is 12.1. The SMILES string of the molecule is COc1ccc(CCN2CCN(c3ncccc3Cl)CC2)cc1. The fourth-order valence-corrected chi connectivity index (χ4v) is 3.11. The van der Waals surface area contributed by atoms with Crippen LogP contribution < -0.4 is 9.64 Å². The number of hydrogen-bond donors (Lipinski definition) is 0. The number of halogens is 1. The van der Waals surface area contributed by atoms with Gasteiger partial charge in [-0.1, -0.05) is 23.7 Å². The van der Waals surface area contributed by atoms with E-state index in [1.54, 1.807) is 13.3 Å². The van der Waals surface area contributed by atoms with Crippen LogP contribution in [0.15, 0.2) is 42.6 Å². The Morgan fingerprint density at radius 2 is 1.83 bits per heavy atom. The zero-order chi connectivity index (χ0) is 16.1. The number of nitrogens with zero attached hydrogens (tertiary/aromatic N) is 3. The molecule has 4 nitrogen and oxygen atoms in total. The minimum Gasteiger partial charge on any atom is -0.497 e. The summed E-state index contributed by atoms with van der Waals surface area (Å²) in [5, 5.41) is 0.735. The van der Waals surface area contributed by atoms with Gasteiger partial charge in [-0.15, -0.1) is 0 Å². The second-order valence-electron chi connectivity index (χ2n) is 5.74. The van der Waals surface area contributed by atoms with Crippen molar-refractivity contribution in [1.29, 1.82) is 0 Å². The van der Waals surface area contributed by atoms with E-state index in [4.69, 9.17) is 16.3 Å². The van der Waals surface area contributed by atoms with Gasteiger partial charge in [0.1, 0.15) is 11.6 Å². The normalized spacial score (nSPS) is 15.7. The van der Waals surface area contributed by atoms with E-state index >= 15 is 0 Å². The molecular formula is C18H22ClN3O. The fraction of sp³-hybridized carbons (Fsp3) is 0.389. The Balaban J connectivity index is 1.48. The lowest BCUT2D eigenvalue weighted by atomic mass is 10.1. The molecule has 23 heavy (non-hydrogen) atoms. The van der Waals surface area contributed by atoms with Crippen LogP contribution in [0.2, 0.25) is 5.02 Å². The number of anilines is 1. The number of ether oxygens (including phenoxy) is 1. The summed E-state index contributed by atoms with van der Waals surface area (Å²) in [4.78, 5) is 9.17. The molecule has 0 radical (unpaired) electrons. The topological polar surface area (TPSA) is 28.6 Å². The van der Waals surface area contributed by atoms with E-state index in [9.17, 15) is 0 Å². The van der Waals surface area contributed by atoms with Crippen LogP contribution in [0.5, 0.6) is 5.75 Å². The van der Waals surface area contributed by atoms with E-state index in [0.29, 0.717) is 0 Å². The first-order chi connectivity index (χ1) is 11.3. The molecule has 1 aliphatic heterocycles. The van der Waals surface area contributed by atoms with Gasteiger partial charge in [-0.3, -0.25) is 4.90 Å². The maximum Gasteiger partial charge on any atom is 0.147 e. The second-order valence-corrected chi connectivity index (χ2v) is 6.14. The van der Waals surface area contributed by atoms with Gasteiger partial charge in [0, 0.05) is 38.9 Å². The van der Waals surface area contributed by atoms with Crippen LogP contribution in [0.25, 0.3) is 0 Å². The third-order valence-electron chi connectivity index (χ3n) is 4.29. The van der Waals surface area contributed by atoms with Crippen LogP contribution in [-0.4, -0.2) is 49.7 Å². The first-order valence-corrected chi connectivity index (χ1v) is 8.35. The van der Waals surface area contributed by atoms with Crippen molar-refractivity contribution in [2.75, 3.05) is 44.7 Å². The molecule has 0 N–H and O–H groups in total. The molecule has 5 heteroatoms. The van der Waals surface area contributed by atoms with Crippen molar-refractivity contribution in [2.45, 2.75) is 6.42 Å². The van der Waals surface area contributed by atoms with Crippen molar-refractivity contribution in [3.8, 4) is 5.75 Å². The van der Waals surface area contributed by atoms with Gasteiger partial charge in [-0.2, -0.15) is 0 Å². The number of piperazine rings is 1. The highest BCUT2D eigenvalue weighted by molar-refractivity contribution is 6.32. The van der Waals surface area contributed by atoms with E-state index in [1.165, 1.54) is 5.56 Å². The molecule has 0 saturated carbocycles. The number of benzene rings is 1. The highest BCUT2D eigenvalue weighted by atomic mass is 35.5. The van der Waals surface area contributed by atoms with Crippen LogP contribution in [0, 0.1) is 0 Å². The van der Waals surface area contributed by atoms with Crippen molar-refractivity contribution in [3.05, 3.63) is 53.2 Å². The lowest BCUT2D eigenvalue weighted by molar-refractivity contribution is 0.260. The first-order valence-electron chi connectivity index (χ1n) is 7.97. The Hall–Kier alpha value is -1.78. The molecule has 1 aromatic heterocycles. The molecule has 1 saturated heterocycles. The maximum absolute atomic E-state index is 6.23. The van der Waals surface area contributed by atoms with Gasteiger partial charge >= 0.3 is 0 Å². The lowest BCUT2D eigenvalue weighted by Gasteiger charge is -2.35. The standard InChI is InChI=1S/C18H22ClN3O/c1-23-16-6-4-15(5-7-16)8-10-21-11-13-22(14-12-21)18-17(19)3-2-9-20-18/h2-7,9H,8,10-14H2,1H3. The fourth-order valence-electron chi connectivity index (χ4n) is 2.87. The van der Waals surface area contributed by atoms with Gasteiger partial charge in [0.2, 0.25) is 0 Å². The molecule has 0 unspecified atom stereocenters. The Morgan fingerprint density at radius 1 is 1.09 bits per heavy atom. The minimum absolute atomic E-state index is 0.735. The molecule has 2 aromatic rings. The summed E-state index contributed by atoms with van der Waals surface area (Å²) >= 11 is 6.23. The molecule has 2 heterocycles. The molecular weight excluding hydrogens is 310 g/mol. The van der Waals surface area contributed by atoms with Crippen molar-refractivity contribution in [3.63, 3.8) is 0 Å². The van der Waals surface area contributed by atoms with Gasteiger partial charge in [0.05, 0.1) is 12.1 Å². The van der Waals surface area contributed by atoms with E-state index in [-0.39, 0.29) is 0 Å². The van der Waals surface area contributed by atoms with E-state index < -0.39 is 0 Å². The largest absolute Gasteiger partial charge is 0.497 e. The summed E-state index contributed by atoms with van der Waals surface area (Å²) in [7, 11) is 1.70. The molecule has 0 aliphatic carbocycles. The quantitative estimate of drug-likeness (QED) is 0.841. The van der Waals surface area contributed by atoms with Gasteiger partial charge < -0.3 is 9.64 Å². The highest BCUT2D eigenvalue weighted by Gasteiger charge is 2.19. The number of methoxy groups -OCH3 is 1. The van der Waals surface area contributed by atoms with Crippen LogP contribution in [0.1, 0.15) is 5.56 Å². The number of hydrogen-bond acceptors (Lipinski definition) is 4. The zero-order valence-corrected chi connectivity index (χ0v) is 14.2. The Labute approximate surface area is 142 Å². The van der Waals surface area contributed by atoms with Crippen LogP contribution in [-0.2, 0) is 6.42 Å². The molecule has 1 aromatic carbocycles. The van der Waals surface area contributed by atoms with E-state index in [2.05, 4.69) is 26.9 Å². The lowest BCUT2D eigenvalue weighted by Crippen LogP contribution is -2.47. The average molecular weight is 332 g/mol. The van der Waals surface area contributed by atoms with Gasteiger partial charge in [-0.05, 0) is 36.2 Å². The van der Waals surface area contributed by atoms with E-state index in [1.807, 2.05) is 24.3 Å². The molecule has 1 aliphatic rings. The molecule has 122 valence electrons. The van der Waals surface area contributed by atoms with Gasteiger partial charge in [0.15, 0.2) is 0 Å². The van der Waals surface area contributed by atoms with E-state index in [0.717, 1.165) is 55.7 Å². The maximum atomic E-state index is 6.23. The zero-order valence-electron chi connectivity index (χ0n) is 13.4. The van der Waals surface area contributed by atoms with Crippen molar-refractivity contribution in [2.24, 2.45) is 0 Å². The predicted octanol–water partition coefficient (Wildman–Crippen LogP) is 3.11. The van der Waals surface area contributed by atoms with Crippen molar-refractivity contribution in [1.82, 2.24) is 9.88 Å². The predicted molar refractivity (Wildman–Crippen MR) is 94.6 cm³/mol. The smallest absolute Gasteiger partial charge is 0.147 e. The molecule has 0 atom stereocenters. The number of aromatic nitrogens is 1. The monoisotopic (exact) mass is 331 g/mol. The summed E-state index contributed by atoms with van der Waals surface area (Å²) in [5.74, 6) is 1.82. The molecule has 0 amide bonds. The summed E-state index contributed by atoms with van der Waals surface area (Å²) in [6.45, 7) is 5.11. The Morgan fingerprint density at radius 3 is 2.48 bits per heavy atom. The number of pyridine rings is 1. The third-order valence-corrected chi connectivity index (χ3v) is 4.58. The molecule has 0 bridgehead atoms. The van der Waals surface area contributed by atoms with Gasteiger partial charge in [0.25, 0.3) is 0 Å². The Kier molecular flexibility index (Phi) is 5.36. The number of rotatable bonds is 5. The van der Waals surface area contributed by atoms with Crippen LogP contribution in [0.3, 0.4) is 0 Å². The van der Waals surface area contributed by atoms with Gasteiger partial charge in [-0.25, -0.2) is 4.98 Å². The minimum atomic E-state index is 0.735. The second kappa shape index (κ2) is 7.66. The van der Waals surface area contributed by atoms with Crippen LogP contribution >= 0.6 is 11.6 Å². The first kappa shape index (κ1) is 16.1. The molecule has 0 spiro atoms. The molecule has 3 rings (SSSR count). The van der Waals surface area contributed by atoms with Crippen LogP contribution in [0.4, 0.5) is 5.82 Å². The Bertz CT molecular complexity index is 624. The summed E-state index contributed by atoms with van der Waals surface area (Å²) < 4.78 is 5.19. The third kappa shape index (κ3) is 4.15. The van der Waals surface area contributed by atoms with Crippen molar-refractivity contribution >= 4 is 17.4 Å². The average Bonchev–Trinajstić information content (AvgIpc) is 2.61. The summed E-state index contributed by atoms with van der Waals surface area (Å²) in [6.07, 6.45) is 2.87. The summed E-state index contributed by atoms with van der Waals surface area (Å²) in [5.41, 5.74) is 1.35. The van der Waals surface area contributed by atoms with Crippen molar-refractivity contribution < 1.29 is 4.74 Å².